The lowest BCUT2D eigenvalue weighted by Crippen LogP contribution is -2.19. The van der Waals surface area contributed by atoms with Gasteiger partial charge in [-0.3, -0.25) is 4.68 Å². The summed E-state index contributed by atoms with van der Waals surface area (Å²) in [6.45, 7) is 2.86. The van der Waals surface area contributed by atoms with Crippen LogP contribution in [-0.2, 0) is 22.4 Å². The van der Waals surface area contributed by atoms with Crippen molar-refractivity contribution in [2.24, 2.45) is 0 Å². The fraction of sp³-hybridized carbons (Fsp3) is 0.421. The van der Waals surface area contributed by atoms with Gasteiger partial charge in [-0.1, -0.05) is 24.3 Å². The smallest absolute Gasteiger partial charge is 0.186 e. The zero-order valence-corrected chi connectivity index (χ0v) is 14.9. The van der Waals surface area contributed by atoms with E-state index in [1.54, 1.807) is 13.4 Å². The fourth-order valence-electron chi connectivity index (χ4n) is 3.36. The van der Waals surface area contributed by atoms with Crippen LogP contribution >= 0.6 is 0 Å². The number of methoxy groups -OCH3 is 1. The Labute approximate surface area is 152 Å². The van der Waals surface area contributed by atoms with E-state index in [0.717, 1.165) is 37.2 Å². The largest absolute Gasteiger partial charge is 0.383 e. The van der Waals surface area contributed by atoms with Crippen LogP contribution < -0.4 is 5.32 Å². The molecule has 0 fully saturated rings. The quantitative estimate of drug-likeness (QED) is 0.704. The van der Waals surface area contributed by atoms with Crippen molar-refractivity contribution in [1.82, 2.24) is 19.7 Å². The van der Waals surface area contributed by atoms with Crippen LogP contribution in [-0.4, -0.2) is 46.6 Å². The Morgan fingerprint density at radius 2 is 2.23 bits per heavy atom. The Morgan fingerprint density at radius 3 is 3.15 bits per heavy atom. The van der Waals surface area contributed by atoms with Crippen LogP contribution in [0.25, 0.3) is 11.0 Å². The Kier molecular flexibility index (Phi) is 5.08. The molecular weight excluding hydrogens is 330 g/mol. The van der Waals surface area contributed by atoms with E-state index in [1.807, 2.05) is 10.9 Å². The first-order valence-electron chi connectivity index (χ1n) is 8.95. The average molecular weight is 353 g/mol. The molecule has 26 heavy (non-hydrogen) atoms. The van der Waals surface area contributed by atoms with Gasteiger partial charge in [-0.05, 0) is 24.0 Å². The molecule has 1 atom stereocenters. The summed E-state index contributed by atoms with van der Waals surface area (Å²) in [5.41, 5.74) is 3.39. The van der Waals surface area contributed by atoms with Crippen molar-refractivity contribution in [1.29, 1.82) is 0 Å². The molecule has 0 aliphatic carbocycles. The van der Waals surface area contributed by atoms with Gasteiger partial charge in [0.1, 0.15) is 12.1 Å². The van der Waals surface area contributed by atoms with Crippen LogP contribution in [0.2, 0.25) is 0 Å². The molecule has 1 aliphatic rings. The minimum absolute atomic E-state index is 0.134. The summed E-state index contributed by atoms with van der Waals surface area (Å²) in [4.78, 5) is 8.63. The van der Waals surface area contributed by atoms with E-state index in [2.05, 4.69) is 44.6 Å². The number of nitrogens with zero attached hydrogens (tertiary/aromatic N) is 4. The predicted octanol–water partition coefficient (Wildman–Crippen LogP) is 2.59. The summed E-state index contributed by atoms with van der Waals surface area (Å²) in [7, 11) is 1.68. The number of benzene rings is 1. The Morgan fingerprint density at radius 1 is 1.31 bits per heavy atom. The number of hydrogen-bond donors (Lipinski definition) is 1. The van der Waals surface area contributed by atoms with Gasteiger partial charge in [-0.15, -0.1) is 0 Å². The van der Waals surface area contributed by atoms with Gasteiger partial charge in [0, 0.05) is 19.9 Å². The van der Waals surface area contributed by atoms with Gasteiger partial charge < -0.3 is 14.8 Å². The van der Waals surface area contributed by atoms with Gasteiger partial charge in [0.2, 0.25) is 0 Å². The number of ether oxygens (including phenoxy) is 2. The van der Waals surface area contributed by atoms with E-state index in [-0.39, 0.29) is 6.10 Å². The summed E-state index contributed by atoms with van der Waals surface area (Å²) in [5.74, 6) is 0.808. The lowest BCUT2D eigenvalue weighted by molar-refractivity contribution is 0.0389. The molecule has 136 valence electrons. The van der Waals surface area contributed by atoms with E-state index < -0.39 is 0 Å². The maximum atomic E-state index is 5.98. The van der Waals surface area contributed by atoms with Crippen molar-refractivity contribution in [3.8, 4) is 0 Å². The molecule has 0 bridgehead atoms. The molecule has 3 aromatic rings. The van der Waals surface area contributed by atoms with Gasteiger partial charge >= 0.3 is 0 Å². The van der Waals surface area contributed by atoms with E-state index in [9.17, 15) is 0 Å². The maximum absolute atomic E-state index is 5.98. The minimum atomic E-state index is 0.134. The molecule has 7 heteroatoms. The molecule has 1 aromatic carbocycles. The molecular formula is C19H23N5O2. The zero-order valence-electron chi connectivity index (χ0n) is 14.9. The number of fused-ring (bicyclic) bond motifs is 2. The van der Waals surface area contributed by atoms with Crippen molar-refractivity contribution >= 4 is 16.9 Å². The lowest BCUT2D eigenvalue weighted by Gasteiger charge is -2.26. The number of hydrogen-bond acceptors (Lipinski definition) is 6. The topological polar surface area (TPSA) is 74.1 Å². The summed E-state index contributed by atoms with van der Waals surface area (Å²) >= 11 is 0. The van der Waals surface area contributed by atoms with Crippen molar-refractivity contribution < 1.29 is 9.47 Å². The van der Waals surface area contributed by atoms with E-state index >= 15 is 0 Å². The molecule has 4 rings (SSSR count). The number of anilines is 1. The van der Waals surface area contributed by atoms with Crippen LogP contribution in [0.15, 0.2) is 36.8 Å². The molecule has 1 unspecified atom stereocenters. The highest BCUT2D eigenvalue weighted by molar-refractivity contribution is 5.85. The number of aromatic nitrogens is 4. The van der Waals surface area contributed by atoms with Crippen molar-refractivity contribution in [2.45, 2.75) is 25.5 Å². The van der Waals surface area contributed by atoms with Crippen LogP contribution in [0, 0.1) is 0 Å². The SMILES string of the molecule is COCCn1cc2c(NCCC3OCCc4ccccc43)ncnc2n1. The molecule has 0 amide bonds. The summed E-state index contributed by atoms with van der Waals surface area (Å²) in [5, 5.41) is 8.80. The molecule has 2 aromatic heterocycles. The monoisotopic (exact) mass is 353 g/mol. The van der Waals surface area contributed by atoms with Crippen molar-refractivity contribution in [3.63, 3.8) is 0 Å². The highest BCUT2D eigenvalue weighted by atomic mass is 16.5. The molecule has 7 nitrogen and oxygen atoms in total. The Hall–Kier alpha value is -2.51. The Bertz CT molecular complexity index is 879. The maximum Gasteiger partial charge on any atom is 0.186 e. The third-order valence-electron chi connectivity index (χ3n) is 4.68. The summed E-state index contributed by atoms with van der Waals surface area (Å²) < 4.78 is 12.9. The summed E-state index contributed by atoms with van der Waals surface area (Å²) in [6, 6.07) is 8.54. The molecule has 1 N–H and O–H groups in total. The minimum Gasteiger partial charge on any atom is -0.383 e. The first-order valence-corrected chi connectivity index (χ1v) is 8.95. The second kappa shape index (κ2) is 7.80. The third-order valence-corrected chi connectivity index (χ3v) is 4.68. The van der Waals surface area contributed by atoms with Gasteiger partial charge in [0.05, 0.1) is 31.2 Å². The van der Waals surface area contributed by atoms with Crippen LogP contribution in [0.3, 0.4) is 0 Å². The van der Waals surface area contributed by atoms with E-state index in [1.165, 1.54) is 11.1 Å². The van der Waals surface area contributed by atoms with Crippen LogP contribution in [0.4, 0.5) is 5.82 Å². The van der Waals surface area contributed by atoms with Crippen molar-refractivity contribution in [3.05, 3.63) is 47.9 Å². The fourth-order valence-corrected chi connectivity index (χ4v) is 3.36. The molecule has 0 saturated heterocycles. The number of nitrogens with one attached hydrogen (secondary N) is 1. The molecule has 3 heterocycles. The van der Waals surface area contributed by atoms with Crippen LogP contribution in [0.1, 0.15) is 23.7 Å². The standard InChI is InChI=1S/C19H23N5O2/c1-25-11-9-24-12-16-18(21-13-22-19(16)23-24)20-8-6-17-15-5-3-2-4-14(15)7-10-26-17/h2-5,12-13,17H,6-11H2,1H3,(H,20,21,22,23). The first kappa shape index (κ1) is 16.9. The van der Waals surface area contributed by atoms with E-state index in [0.29, 0.717) is 18.8 Å². The highest BCUT2D eigenvalue weighted by Crippen LogP contribution is 2.29. The van der Waals surface area contributed by atoms with Gasteiger partial charge in [0.25, 0.3) is 0 Å². The van der Waals surface area contributed by atoms with Crippen LogP contribution in [0.5, 0.6) is 0 Å². The molecule has 0 saturated carbocycles. The predicted molar refractivity (Wildman–Crippen MR) is 99.1 cm³/mol. The Balaban J connectivity index is 1.43. The first-order chi connectivity index (χ1) is 12.8. The lowest BCUT2D eigenvalue weighted by atomic mass is 9.96. The molecule has 0 spiro atoms. The average Bonchev–Trinajstić information content (AvgIpc) is 3.10. The summed E-state index contributed by atoms with van der Waals surface area (Å²) in [6.07, 6.45) is 5.52. The molecule has 1 aliphatic heterocycles. The van der Waals surface area contributed by atoms with Gasteiger partial charge in [-0.2, -0.15) is 5.10 Å². The van der Waals surface area contributed by atoms with Crippen molar-refractivity contribution in [2.75, 3.05) is 32.2 Å². The molecule has 0 radical (unpaired) electrons. The highest BCUT2D eigenvalue weighted by Gasteiger charge is 2.20. The van der Waals surface area contributed by atoms with Gasteiger partial charge in [-0.25, -0.2) is 9.97 Å². The zero-order chi connectivity index (χ0) is 17.8. The second-order valence-electron chi connectivity index (χ2n) is 6.37. The second-order valence-corrected chi connectivity index (χ2v) is 6.37. The number of rotatable bonds is 7. The normalized spacial score (nSPS) is 16.6. The van der Waals surface area contributed by atoms with E-state index in [4.69, 9.17) is 9.47 Å². The van der Waals surface area contributed by atoms with Gasteiger partial charge in [0.15, 0.2) is 5.65 Å². The third kappa shape index (κ3) is 3.54.